The second kappa shape index (κ2) is 4.22. The van der Waals surface area contributed by atoms with Gasteiger partial charge in [-0.3, -0.25) is 9.48 Å². The third-order valence-corrected chi connectivity index (χ3v) is 1.45. The van der Waals surface area contributed by atoms with Gasteiger partial charge in [-0.1, -0.05) is 0 Å². The maximum atomic E-state index is 11.1. The zero-order valence-electron chi connectivity index (χ0n) is 7.47. The molecule has 14 heavy (non-hydrogen) atoms. The smallest absolute Gasteiger partial charge is 0.328 e. The van der Waals surface area contributed by atoms with E-state index in [4.69, 9.17) is 5.11 Å². The first-order valence-electron chi connectivity index (χ1n) is 3.79. The van der Waals surface area contributed by atoms with Crippen molar-refractivity contribution in [2.45, 2.75) is 0 Å². The monoisotopic (exact) mass is 195 g/mol. The third kappa shape index (κ3) is 2.74. The number of anilines is 1. The molecule has 1 aromatic rings. The second-order valence-electron chi connectivity index (χ2n) is 2.50. The molecule has 0 unspecified atom stereocenters. The van der Waals surface area contributed by atoms with Crippen LogP contribution in [-0.4, -0.2) is 26.8 Å². The summed E-state index contributed by atoms with van der Waals surface area (Å²) in [4.78, 5) is 21.2. The molecule has 0 aliphatic rings. The Kier molecular flexibility index (Phi) is 3.01. The number of hydrogen-bond donors (Lipinski definition) is 2. The SMILES string of the molecule is Cn1nccc1NC(=O)/C=C/C(=O)O. The van der Waals surface area contributed by atoms with Crippen LogP contribution in [0.25, 0.3) is 0 Å². The van der Waals surface area contributed by atoms with Crippen LogP contribution in [0.2, 0.25) is 0 Å². The molecule has 0 atom stereocenters. The van der Waals surface area contributed by atoms with Crippen LogP contribution in [0.5, 0.6) is 0 Å². The molecular formula is C8H9N3O3. The van der Waals surface area contributed by atoms with Crippen molar-refractivity contribution in [3.63, 3.8) is 0 Å². The molecule has 0 bridgehead atoms. The molecule has 0 saturated heterocycles. The minimum Gasteiger partial charge on any atom is -0.478 e. The summed E-state index contributed by atoms with van der Waals surface area (Å²) in [5.41, 5.74) is 0. The molecule has 74 valence electrons. The van der Waals surface area contributed by atoms with Gasteiger partial charge in [-0.05, 0) is 0 Å². The summed E-state index contributed by atoms with van der Waals surface area (Å²) in [6.07, 6.45) is 3.23. The van der Waals surface area contributed by atoms with E-state index in [0.29, 0.717) is 5.82 Å². The molecule has 1 amide bonds. The van der Waals surface area contributed by atoms with Gasteiger partial charge in [-0.25, -0.2) is 4.79 Å². The van der Waals surface area contributed by atoms with Crippen molar-refractivity contribution < 1.29 is 14.7 Å². The van der Waals surface area contributed by atoms with E-state index in [9.17, 15) is 9.59 Å². The van der Waals surface area contributed by atoms with Crippen molar-refractivity contribution in [1.29, 1.82) is 0 Å². The van der Waals surface area contributed by atoms with E-state index in [1.54, 1.807) is 13.1 Å². The molecule has 2 N–H and O–H groups in total. The average Bonchev–Trinajstić information content (AvgIpc) is 2.49. The molecule has 6 nitrogen and oxygen atoms in total. The van der Waals surface area contributed by atoms with Crippen molar-refractivity contribution in [1.82, 2.24) is 9.78 Å². The highest BCUT2D eigenvalue weighted by molar-refractivity contribution is 6.01. The number of aromatic nitrogens is 2. The molecule has 0 radical (unpaired) electrons. The first-order chi connectivity index (χ1) is 6.59. The molecule has 0 aliphatic carbocycles. The number of aryl methyl sites for hydroxylation is 1. The predicted octanol–water partition coefficient (Wildman–Crippen LogP) is -0.000600. The van der Waals surface area contributed by atoms with Crippen molar-refractivity contribution in [2.75, 3.05) is 5.32 Å². The standard InChI is InChI=1S/C8H9N3O3/c1-11-6(4-5-9-11)10-7(12)2-3-8(13)14/h2-5H,1H3,(H,10,12)(H,13,14)/b3-2+. The lowest BCUT2D eigenvalue weighted by Crippen LogP contribution is -2.11. The number of nitrogens with zero attached hydrogens (tertiary/aromatic N) is 2. The van der Waals surface area contributed by atoms with Crippen LogP contribution in [0.1, 0.15) is 0 Å². The number of hydrogen-bond acceptors (Lipinski definition) is 3. The van der Waals surface area contributed by atoms with Gasteiger partial charge in [0, 0.05) is 25.3 Å². The van der Waals surface area contributed by atoms with Crippen molar-refractivity contribution >= 4 is 17.7 Å². The van der Waals surface area contributed by atoms with Crippen molar-refractivity contribution in [3.8, 4) is 0 Å². The van der Waals surface area contributed by atoms with Crippen molar-refractivity contribution in [2.24, 2.45) is 7.05 Å². The maximum Gasteiger partial charge on any atom is 0.328 e. The van der Waals surface area contributed by atoms with Gasteiger partial charge in [0.05, 0.1) is 6.20 Å². The molecule has 1 aromatic heterocycles. The molecular weight excluding hydrogens is 186 g/mol. The van der Waals surface area contributed by atoms with Gasteiger partial charge in [-0.15, -0.1) is 0 Å². The third-order valence-electron chi connectivity index (χ3n) is 1.45. The highest BCUT2D eigenvalue weighted by Gasteiger charge is 2.01. The number of carboxylic acids is 1. The van der Waals surface area contributed by atoms with Crippen LogP contribution >= 0.6 is 0 Å². The van der Waals surface area contributed by atoms with E-state index in [1.165, 1.54) is 10.9 Å². The van der Waals surface area contributed by atoms with Crippen LogP contribution in [0.15, 0.2) is 24.4 Å². The highest BCUT2D eigenvalue weighted by Crippen LogP contribution is 2.02. The summed E-state index contributed by atoms with van der Waals surface area (Å²) in [6.45, 7) is 0. The first-order valence-corrected chi connectivity index (χ1v) is 3.79. The second-order valence-corrected chi connectivity index (χ2v) is 2.50. The minimum absolute atomic E-state index is 0.504. The fourth-order valence-electron chi connectivity index (χ4n) is 0.811. The fourth-order valence-corrected chi connectivity index (χ4v) is 0.811. The Morgan fingerprint density at radius 1 is 1.57 bits per heavy atom. The minimum atomic E-state index is -1.16. The Hall–Kier alpha value is -2.11. The van der Waals surface area contributed by atoms with Crippen LogP contribution in [0.3, 0.4) is 0 Å². The molecule has 1 rings (SSSR count). The van der Waals surface area contributed by atoms with Crippen molar-refractivity contribution in [3.05, 3.63) is 24.4 Å². The zero-order valence-corrected chi connectivity index (χ0v) is 7.47. The molecule has 0 spiro atoms. The summed E-state index contributed by atoms with van der Waals surface area (Å²) in [6, 6.07) is 1.60. The van der Waals surface area contributed by atoms with E-state index in [1.807, 2.05) is 0 Å². The van der Waals surface area contributed by atoms with Crippen LogP contribution in [-0.2, 0) is 16.6 Å². The Labute approximate surface area is 79.8 Å². The molecule has 1 heterocycles. The largest absolute Gasteiger partial charge is 0.478 e. The van der Waals surface area contributed by atoms with E-state index in [2.05, 4.69) is 10.4 Å². The lowest BCUT2D eigenvalue weighted by molar-refractivity contribution is -0.131. The highest BCUT2D eigenvalue weighted by atomic mass is 16.4. The first kappa shape index (κ1) is 9.97. The van der Waals surface area contributed by atoms with Crippen LogP contribution < -0.4 is 5.32 Å². The maximum absolute atomic E-state index is 11.1. The lowest BCUT2D eigenvalue weighted by Gasteiger charge is -2.00. The summed E-state index contributed by atoms with van der Waals surface area (Å²) < 4.78 is 1.46. The van der Waals surface area contributed by atoms with E-state index in [0.717, 1.165) is 12.2 Å². The van der Waals surface area contributed by atoms with E-state index >= 15 is 0 Å². The average molecular weight is 195 g/mol. The quantitative estimate of drug-likeness (QED) is 0.665. The van der Waals surface area contributed by atoms with Gasteiger partial charge >= 0.3 is 5.97 Å². The molecule has 0 aromatic carbocycles. The Morgan fingerprint density at radius 3 is 2.79 bits per heavy atom. The fraction of sp³-hybridized carbons (Fsp3) is 0.125. The topological polar surface area (TPSA) is 84.2 Å². The normalized spacial score (nSPS) is 10.4. The van der Waals surface area contributed by atoms with E-state index < -0.39 is 11.9 Å². The van der Waals surface area contributed by atoms with Gasteiger partial charge < -0.3 is 10.4 Å². The Morgan fingerprint density at radius 2 is 2.29 bits per heavy atom. The molecule has 0 fully saturated rings. The van der Waals surface area contributed by atoms with Gasteiger partial charge in [-0.2, -0.15) is 5.10 Å². The van der Waals surface area contributed by atoms with Gasteiger partial charge in [0.15, 0.2) is 0 Å². The number of carbonyl (C=O) groups is 2. The van der Waals surface area contributed by atoms with Gasteiger partial charge in [0.25, 0.3) is 0 Å². The summed E-state index contributed by atoms with van der Waals surface area (Å²) in [7, 11) is 1.66. The van der Waals surface area contributed by atoms with Crippen LogP contribution in [0, 0.1) is 0 Å². The van der Waals surface area contributed by atoms with Gasteiger partial charge in [0.1, 0.15) is 5.82 Å². The number of nitrogens with one attached hydrogen (secondary N) is 1. The molecule has 0 saturated carbocycles. The summed E-state index contributed by atoms with van der Waals surface area (Å²) in [5, 5.41) is 14.5. The lowest BCUT2D eigenvalue weighted by atomic mass is 10.4. The summed E-state index contributed by atoms with van der Waals surface area (Å²) in [5.74, 6) is -1.16. The Balaban J connectivity index is 2.58. The van der Waals surface area contributed by atoms with Crippen LogP contribution in [0.4, 0.5) is 5.82 Å². The number of amides is 1. The zero-order chi connectivity index (χ0) is 10.6. The van der Waals surface area contributed by atoms with Gasteiger partial charge in [0.2, 0.25) is 5.91 Å². The summed E-state index contributed by atoms with van der Waals surface area (Å²) >= 11 is 0. The number of carboxylic acid groups (broad SMARTS) is 1. The van der Waals surface area contributed by atoms with E-state index in [-0.39, 0.29) is 0 Å². The number of aliphatic carboxylic acids is 1. The number of rotatable bonds is 3. The molecule has 6 heteroatoms. The molecule has 0 aliphatic heterocycles. The number of carbonyl (C=O) groups excluding carboxylic acids is 1. The predicted molar refractivity (Wildman–Crippen MR) is 48.6 cm³/mol. The Bertz CT molecular complexity index is 381.